The van der Waals surface area contributed by atoms with Crippen LogP contribution in [0.25, 0.3) is 10.8 Å². The molecule has 4 nitrogen and oxygen atoms in total. The van der Waals surface area contributed by atoms with Gasteiger partial charge >= 0.3 is 0 Å². The average Bonchev–Trinajstić information content (AvgIpc) is 2.96. The zero-order valence-electron chi connectivity index (χ0n) is 14.6. The average molecular weight is 347 g/mol. The van der Waals surface area contributed by atoms with Crippen LogP contribution in [0.5, 0.6) is 0 Å². The summed E-state index contributed by atoms with van der Waals surface area (Å²) >= 11 is 0. The normalized spacial score (nSPS) is 16.0. The Morgan fingerprint density at radius 3 is 2.65 bits per heavy atom. The van der Waals surface area contributed by atoms with E-state index < -0.39 is 17.3 Å². The number of aromatic nitrogens is 1. The second-order valence-electron chi connectivity index (χ2n) is 7.07. The van der Waals surface area contributed by atoms with Gasteiger partial charge in [0.25, 0.3) is 5.91 Å². The molecule has 0 saturated carbocycles. The summed E-state index contributed by atoms with van der Waals surface area (Å²) in [4.78, 5) is 16.5. The van der Waals surface area contributed by atoms with E-state index in [0.717, 1.165) is 28.2 Å². The molecule has 5 heteroatoms. The third kappa shape index (κ3) is 2.75. The van der Waals surface area contributed by atoms with E-state index in [1.165, 1.54) is 17.3 Å². The van der Waals surface area contributed by atoms with Crippen molar-refractivity contribution in [2.24, 2.45) is 5.10 Å². The molecule has 1 aliphatic rings. The van der Waals surface area contributed by atoms with Gasteiger partial charge in [0.05, 0.1) is 23.0 Å². The van der Waals surface area contributed by atoms with Crippen molar-refractivity contribution in [1.29, 1.82) is 0 Å². The summed E-state index contributed by atoms with van der Waals surface area (Å²) in [5.41, 5.74) is 1.25. The summed E-state index contributed by atoms with van der Waals surface area (Å²) in [6.07, 6.45) is 3.06. The van der Waals surface area contributed by atoms with Crippen molar-refractivity contribution in [1.82, 2.24) is 9.99 Å². The minimum absolute atomic E-state index is 0.0170. The molecule has 1 aliphatic heterocycles. The van der Waals surface area contributed by atoms with Crippen molar-refractivity contribution < 1.29 is 9.18 Å². The molecular weight excluding hydrogens is 329 g/mol. The van der Waals surface area contributed by atoms with Gasteiger partial charge in [0.2, 0.25) is 0 Å². The third-order valence-electron chi connectivity index (χ3n) is 4.67. The van der Waals surface area contributed by atoms with Crippen LogP contribution in [0, 0.1) is 5.82 Å². The first-order chi connectivity index (χ1) is 12.5. The number of benzene rings is 2. The Hall–Kier alpha value is -3.08. The topological polar surface area (TPSA) is 45.6 Å². The van der Waals surface area contributed by atoms with Crippen LogP contribution < -0.4 is 0 Å². The summed E-state index contributed by atoms with van der Waals surface area (Å²) in [6.45, 7) is 3.86. The van der Waals surface area contributed by atoms with Gasteiger partial charge in [0.15, 0.2) is 5.82 Å². The Morgan fingerprint density at radius 2 is 1.88 bits per heavy atom. The molecule has 2 heterocycles. The van der Waals surface area contributed by atoms with E-state index in [1.54, 1.807) is 0 Å². The molecule has 3 aromatic rings. The molecule has 0 aliphatic carbocycles. The van der Waals surface area contributed by atoms with E-state index >= 15 is 0 Å². The van der Waals surface area contributed by atoms with Gasteiger partial charge in [-0.15, -0.1) is 0 Å². The molecular formula is C21H18FN3O. The van der Waals surface area contributed by atoms with E-state index in [4.69, 9.17) is 0 Å². The largest absolute Gasteiger partial charge is 0.277 e. The summed E-state index contributed by atoms with van der Waals surface area (Å²) in [5.74, 6) is -1.09. The maximum absolute atomic E-state index is 14.0. The Balaban J connectivity index is 1.73. The number of hydrogen-bond donors (Lipinski definition) is 0. The Labute approximate surface area is 151 Å². The van der Waals surface area contributed by atoms with Gasteiger partial charge in [-0.05, 0) is 42.3 Å². The maximum Gasteiger partial charge on any atom is 0.277 e. The van der Waals surface area contributed by atoms with Crippen LogP contribution in [0.4, 0.5) is 4.39 Å². The lowest BCUT2D eigenvalue weighted by Gasteiger charge is -2.28. The van der Waals surface area contributed by atoms with Gasteiger partial charge in [-0.25, -0.2) is 9.40 Å². The molecule has 130 valence electrons. The van der Waals surface area contributed by atoms with Crippen LogP contribution in [0.3, 0.4) is 0 Å². The Bertz CT molecular complexity index is 1040. The van der Waals surface area contributed by atoms with E-state index in [1.807, 2.05) is 38.1 Å². The summed E-state index contributed by atoms with van der Waals surface area (Å²) in [7, 11) is 0. The van der Waals surface area contributed by atoms with Crippen LogP contribution in [0.1, 0.15) is 36.2 Å². The second-order valence-corrected chi connectivity index (χ2v) is 7.07. The number of hydrogen-bond acceptors (Lipinski definition) is 3. The summed E-state index contributed by atoms with van der Waals surface area (Å²) in [6, 6.07) is 15.6. The number of fused-ring (bicyclic) bond motifs is 1. The smallest absolute Gasteiger partial charge is 0.267 e. The number of halogens is 1. The number of hydrazone groups is 1. The number of carbonyl (C=O) groups is 1. The summed E-state index contributed by atoms with van der Waals surface area (Å²) < 4.78 is 14.0. The fourth-order valence-corrected chi connectivity index (χ4v) is 3.29. The van der Waals surface area contributed by atoms with Crippen molar-refractivity contribution in [3.8, 4) is 0 Å². The van der Waals surface area contributed by atoms with Crippen molar-refractivity contribution >= 4 is 22.4 Å². The van der Waals surface area contributed by atoms with Crippen molar-refractivity contribution in [2.45, 2.75) is 25.8 Å². The van der Waals surface area contributed by atoms with Gasteiger partial charge < -0.3 is 0 Å². The maximum atomic E-state index is 14.0. The zero-order valence-corrected chi connectivity index (χ0v) is 14.6. The SMILES string of the molecule is CC1(C)CC(c2ccc3ccccc3c2)=NN1C(=O)c1ccncc1F. The molecule has 0 atom stereocenters. The predicted molar refractivity (Wildman–Crippen MR) is 99.5 cm³/mol. The van der Waals surface area contributed by atoms with E-state index in [0.29, 0.717) is 6.42 Å². The van der Waals surface area contributed by atoms with Gasteiger partial charge in [0.1, 0.15) is 0 Å². The van der Waals surface area contributed by atoms with Crippen LogP contribution in [0.2, 0.25) is 0 Å². The standard InChI is InChI=1S/C21H18FN3O/c1-21(2)12-19(16-8-7-14-5-3-4-6-15(14)11-16)24-25(21)20(26)17-9-10-23-13-18(17)22/h3-11,13H,12H2,1-2H3. The van der Waals surface area contributed by atoms with Crippen molar-refractivity contribution in [3.05, 3.63) is 77.9 Å². The molecule has 0 fully saturated rings. The first kappa shape index (κ1) is 16.4. The van der Waals surface area contributed by atoms with E-state index in [9.17, 15) is 9.18 Å². The molecule has 0 bridgehead atoms. The van der Waals surface area contributed by atoms with Gasteiger partial charge in [-0.3, -0.25) is 9.78 Å². The molecule has 0 radical (unpaired) electrons. The molecule has 0 saturated heterocycles. The van der Waals surface area contributed by atoms with Crippen LogP contribution >= 0.6 is 0 Å². The monoisotopic (exact) mass is 347 g/mol. The van der Waals surface area contributed by atoms with Gasteiger partial charge in [0, 0.05) is 12.6 Å². The fraction of sp³-hybridized carbons (Fsp3) is 0.190. The molecule has 26 heavy (non-hydrogen) atoms. The van der Waals surface area contributed by atoms with Crippen LogP contribution in [-0.4, -0.2) is 27.2 Å². The minimum atomic E-state index is -0.636. The van der Waals surface area contributed by atoms with E-state index in [2.05, 4.69) is 28.3 Å². The highest BCUT2D eigenvalue weighted by Gasteiger charge is 2.39. The van der Waals surface area contributed by atoms with Crippen molar-refractivity contribution in [2.75, 3.05) is 0 Å². The van der Waals surface area contributed by atoms with Crippen LogP contribution in [0.15, 0.2) is 66.0 Å². The third-order valence-corrected chi connectivity index (χ3v) is 4.67. The first-order valence-corrected chi connectivity index (χ1v) is 8.46. The minimum Gasteiger partial charge on any atom is -0.267 e. The molecule has 1 amide bonds. The summed E-state index contributed by atoms with van der Waals surface area (Å²) in [5, 5.41) is 8.21. The van der Waals surface area contributed by atoms with Crippen molar-refractivity contribution in [3.63, 3.8) is 0 Å². The Kier molecular flexibility index (Phi) is 3.80. The number of amides is 1. The lowest BCUT2D eigenvalue weighted by Crippen LogP contribution is -2.41. The molecule has 2 aromatic carbocycles. The second kappa shape index (κ2) is 6.02. The number of rotatable bonds is 2. The molecule has 4 rings (SSSR count). The molecule has 1 aromatic heterocycles. The lowest BCUT2D eigenvalue weighted by molar-refractivity contribution is 0.0607. The molecule has 0 unspecified atom stereocenters. The number of nitrogens with zero attached hydrogens (tertiary/aromatic N) is 3. The zero-order chi connectivity index (χ0) is 18.3. The van der Waals surface area contributed by atoms with E-state index in [-0.39, 0.29) is 5.56 Å². The fourth-order valence-electron chi connectivity index (χ4n) is 3.29. The highest BCUT2D eigenvalue weighted by atomic mass is 19.1. The van der Waals surface area contributed by atoms with Gasteiger partial charge in [-0.1, -0.05) is 36.4 Å². The van der Waals surface area contributed by atoms with Crippen LogP contribution in [-0.2, 0) is 0 Å². The Morgan fingerprint density at radius 1 is 1.12 bits per heavy atom. The van der Waals surface area contributed by atoms with Gasteiger partial charge in [-0.2, -0.15) is 5.10 Å². The first-order valence-electron chi connectivity index (χ1n) is 8.46. The highest BCUT2D eigenvalue weighted by Crippen LogP contribution is 2.32. The predicted octanol–water partition coefficient (Wildman–Crippen LogP) is 4.40. The molecule has 0 N–H and O–H groups in total. The number of pyridine rings is 1. The number of carbonyl (C=O) groups excluding carboxylic acids is 1. The quantitative estimate of drug-likeness (QED) is 0.690. The lowest BCUT2D eigenvalue weighted by atomic mass is 9.93. The molecule has 0 spiro atoms. The highest BCUT2D eigenvalue weighted by molar-refractivity contribution is 6.07.